The number of esters is 1. The van der Waals surface area contributed by atoms with Gasteiger partial charge in [0.25, 0.3) is 0 Å². The van der Waals surface area contributed by atoms with E-state index >= 15 is 0 Å². The van der Waals surface area contributed by atoms with Crippen molar-refractivity contribution in [2.75, 3.05) is 7.11 Å². The average Bonchev–Trinajstić information content (AvgIpc) is 2.63. The Labute approximate surface area is 91.5 Å². The van der Waals surface area contributed by atoms with Crippen LogP contribution in [-0.4, -0.2) is 24.2 Å². The highest BCUT2D eigenvalue weighted by molar-refractivity contribution is 7.12. The summed E-state index contributed by atoms with van der Waals surface area (Å²) in [6.07, 6.45) is 0.0146. The lowest BCUT2D eigenvalue weighted by molar-refractivity contribution is -0.137. The number of hydrogen-bond donors (Lipinski definition) is 1. The molecule has 1 heterocycles. The van der Waals surface area contributed by atoms with Crippen molar-refractivity contribution in [1.29, 1.82) is 0 Å². The first kappa shape index (κ1) is 11.7. The van der Waals surface area contributed by atoms with Gasteiger partial charge in [0.2, 0.25) is 0 Å². The van der Waals surface area contributed by atoms with E-state index < -0.39 is 11.9 Å². The minimum Gasteiger partial charge on any atom is -0.481 e. The van der Waals surface area contributed by atoms with Crippen molar-refractivity contribution >= 4 is 23.3 Å². The van der Waals surface area contributed by atoms with Gasteiger partial charge in [0.05, 0.1) is 13.5 Å². The summed E-state index contributed by atoms with van der Waals surface area (Å²) in [7, 11) is 1.31. The summed E-state index contributed by atoms with van der Waals surface area (Å²) in [4.78, 5) is 22.4. The van der Waals surface area contributed by atoms with Crippen LogP contribution in [0.4, 0.5) is 0 Å². The number of rotatable bonds is 4. The second-order valence-corrected chi connectivity index (χ2v) is 4.11. The topological polar surface area (TPSA) is 63.6 Å². The van der Waals surface area contributed by atoms with Crippen LogP contribution in [0.25, 0.3) is 0 Å². The van der Waals surface area contributed by atoms with Crippen LogP contribution in [0.3, 0.4) is 0 Å². The summed E-state index contributed by atoms with van der Waals surface area (Å²) >= 11 is 1.27. The summed E-state index contributed by atoms with van der Waals surface area (Å²) < 4.78 is 4.61. The molecule has 4 nitrogen and oxygen atoms in total. The normalized spacial score (nSPS) is 12.1. The van der Waals surface area contributed by atoms with Crippen LogP contribution in [0.2, 0.25) is 0 Å². The number of carboxylic acids is 1. The molecule has 1 N–H and O–H groups in total. The Kier molecular flexibility index (Phi) is 3.85. The van der Waals surface area contributed by atoms with E-state index in [-0.39, 0.29) is 12.3 Å². The molecular weight excluding hydrogens is 216 g/mol. The lowest BCUT2D eigenvalue weighted by atomic mass is 9.98. The first-order chi connectivity index (χ1) is 7.06. The quantitative estimate of drug-likeness (QED) is 0.802. The lowest BCUT2D eigenvalue weighted by Crippen LogP contribution is -2.07. The number of thiophene rings is 1. The van der Waals surface area contributed by atoms with Gasteiger partial charge in [0, 0.05) is 0 Å². The molecule has 1 aromatic heterocycles. The van der Waals surface area contributed by atoms with Gasteiger partial charge in [-0.1, -0.05) is 6.92 Å². The molecule has 0 saturated heterocycles. The fourth-order valence-electron chi connectivity index (χ4n) is 1.34. The van der Waals surface area contributed by atoms with Crippen molar-refractivity contribution in [1.82, 2.24) is 0 Å². The molecule has 0 radical (unpaired) electrons. The molecule has 1 atom stereocenters. The molecule has 0 aliphatic rings. The molecule has 1 aromatic rings. The third kappa shape index (κ3) is 2.79. The van der Waals surface area contributed by atoms with Gasteiger partial charge in [-0.05, 0) is 22.9 Å². The summed E-state index contributed by atoms with van der Waals surface area (Å²) in [6.45, 7) is 1.78. The van der Waals surface area contributed by atoms with E-state index in [1.165, 1.54) is 18.4 Å². The largest absolute Gasteiger partial charge is 0.481 e. The highest BCUT2D eigenvalue weighted by Crippen LogP contribution is 2.27. The first-order valence-corrected chi connectivity index (χ1v) is 5.31. The third-order valence-electron chi connectivity index (χ3n) is 2.08. The molecule has 0 fully saturated rings. The van der Waals surface area contributed by atoms with E-state index in [9.17, 15) is 9.59 Å². The minimum atomic E-state index is -0.871. The maximum atomic E-state index is 11.3. The highest BCUT2D eigenvalue weighted by Gasteiger charge is 2.19. The molecule has 1 rings (SSSR count). The fourth-order valence-corrected chi connectivity index (χ4v) is 2.27. The molecular formula is C10H12O4S. The first-order valence-electron chi connectivity index (χ1n) is 4.43. The molecule has 0 amide bonds. The number of ether oxygens (including phenoxy) is 1. The van der Waals surface area contributed by atoms with Crippen molar-refractivity contribution < 1.29 is 19.4 Å². The van der Waals surface area contributed by atoms with E-state index in [1.54, 1.807) is 18.4 Å². The standard InChI is InChI=1S/C10H12O4S/c1-6(5-8(11)12)7-3-4-15-9(7)10(13)14-2/h3-4,6H,5H2,1-2H3,(H,11,12). The van der Waals surface area contributed by atoms with Crippen molar-refractivity contribution in [3.05, 3.63) is 21.9 Å². The Morgan fingerprint density at radius 3 is 2.80 bits per heavy atom. The summed E-state index contributed by atoms with van der Waals surface area (Å²) in [6, 6.07) is 1.77. The van der Waals surface area contributed by atoms with Gasteiger partial charge >= 0.3 is 11.9 Å². The van der Waals surface area contributed by atoms with Crippen LogP contribution >= 0.6 is 11.3 Å². The van der Waals surface area contributed by atoms with Crippen molar-refractivity contribution in [2.45, 2.75) is 19.3 Å². The number of aliphatic carboxylic acids is 1. The second-order valence-electron chi connectivity index (χ2n) is 3.20. The monoisotopic (exact) mass is 228 g/mol. The summed E-state index contributed by atoms with van der Waals surface area (Å²) in [5.74, 6) is -1.45. The smallest absolute Gasteiger partial charge is 0.348 e. The Hall–Kier alpha value is -1.36. The van der Waals surface area contributed by atoms with Crippen molar-refractivity contribution in [3.8, 4) is 0 Å². The minimum absolute atomic E-state index is 0.0146. The van der Waals surface area contributed by atoms with E-state index in [2.05, 4.69) is 4.74 Å². The van der Waals surface area contributed by atoms with Gasteiger partial charge in [0.15, 0.2) is 0 Å². The number of carboxylic acid groups (broad SMARTS) is 1. The predicted octanol–water partition coefficient (Wildman–Crippen LogP) is 2.11. The van der Waals surface area contributed by atoms with Crippen molar-refractivity contribution in [3.63, 3.8) is 0 Å². The van der Waals surface area contributed by atoms with Gasteiger partial charge in [0.1, 0.15) is 4.88 Å². The Bertz CT molecular complexity index is 369. The molecule has 82 valence electrons. The zero-order chi connectivity index (χ0) is 11.4. The second kappa shape index (κ2) is 4.93. The van der Waals surface area contributed by atoms with E-state index in [1.807, 2.05) is 0 Å². The maximum absolute atomic E-state index is 11.3. The van der Waals surface area contributed by atoms with Crippen molar-refractivity contribution in [2.24, 2.45) is 0 Å². The molecule has 15 heavy (non-hydrogen) atoms. The van der Waals surface area contributed by atoms with Gasteiger partial charge in [-0.2, -0.15) is 0 Å². The number of hydrogen-bond acceptors (Lipinski definition) is 4. The predicted molar refractivity (Wildman–Crippen MR) is 56.3 cm³/mol. The van der Waals surface area contributed by atoms with Crippen LogP contribution in [0.1, 0.15) is 34.5 Å². The third-order valence-corrected chi connectivity index (χ3v) is 2.99. The molecule has 0 spiro atoms. The zero-order valence-corrected chi connectivity index (χ0v) is 9.34. The Balaban J connectivity index is 2.89. The van der Waals surface area contributed by atoms with E-state index in [4.69, 9.17) is 5.11 Å². The molecule has 1 unspecified atom stereocenters. The van der Waals surface area contributed by atoms with Crippen LogP contribution in [0, 0.1) is 0 Å². The van der Waals surface area contributed by atoms with Crippen LogP contribution in [0.15, 0.2) is 11.4 Å². The van der Waals surface area contributed by atoms with E-state index in [0.717, 1.165) is 5.56 Å². The number of carbonyl (C=O) groups excluding carboxylic acids is 1. The summed E-state index contributed by atoms with van der Waals surface area (Å²) in [5.41, 5.74) is 0.745. The molecule has 5 heteroatoms. The van der Waals surface area contributed by atoms with Crippen LogP contribution in [-0.2, 0) is 9.53 Å². The zero-order valence-electron chi connectivity index (χ0n) is 8.52. The molecule has 0 aliphatic heterocycles. The van der Waals surface area contributed by atoms with Crippen LogP contribution in [0.5, 0.6) is 0 Å². The average molecular weight is 228 g/mol. The fraction of sp³-hybridized carbons (Fsp3) is 0.400. The maximum Gasteiger partial charge on any atom is 0.348 e. The highest BCUT2D eigenvalue weighted by atomic mass is 32.1. The summed E-state index contributed by atoms with van der Waals surface area (Å²) in [5, 5.41) is 10.4. The van der Waals surface area contributed by atoms with Crippen LogP contribution < -0.4 is 0 Å². The molecule has 0 aromatic carbocycles. The number of carbonyl (C=O) groups is 2. The number of methoxy groups -OCH3 is 1. The SMILES string of the molecule is COC(=O)c1sccc1C(C)CC(=O)O. The van der Waals surface area contributed by atoms with E-state index in [0.29, 0.717) is 4.88 Å². The van der Waals surface area contributed by atoms with Gasteiger partial charge in [-0.3, -0.25) is 4.79 Å². The Morgan fingerprint density at radius 1 is 1.60 bits per heavy atom. The van der Waals surface area contributed by atoms with Gasteiger partial charge in [-0.15, -0.1) is 11.3 Å². The van der Waals surface area contributed by atoms with Gasteiger partial charge < -0.3 is 9.84 Å². The molecule has 0 aliphatic carbocycles. The lowest BCUT2D eigenvalue weighted by Gasteiger charge is -2.08. The molecule has 0 bridgehead atoms. The molecule has 0 saturated carbocycles. The van der Waals surface area contributed by atoms with Gasteiger partial charge in [-0.25, -0.2) is 4.79 Å². The Morgan fingerprint density at radius 2 is 2.27 bits per heavy atom.